The van der Waals surface area contributed by atoms with Crippen LogP contribution in [0.5, 0.6) is 0 Å². The molecule has 0 saturated carbocycles. The van der Waals surface area contributed by atoms with E-state index in [-0.39, 0.29) is 0 Å². The van der Waals surface area contributed by atoms with Crippen LogP contribution in [0, 0.1) is 0 Å². The molecule has 0 bridgehead atoms. The van der Waals surface area contributed by atoms with Crippen LogP contribution in [0.4, 0.5) is 0 Å². The quantitative estimate of drug-likeness (QED) is 0.786. The number of likely N-dealkylation sites (N-methyl/N-ethyl adjacent to an activating group) is 1. The normalized spacial score (nSPS) is 11.7. The van der Waals surface area contributed by atoms with Crippen molar-refractivity contribution < 1.29 is 0 Å². The van der Waals surface area contributed by atoms with Gasteiger partial charge in [-0.15, -0.1) is 0 Å². The lowest BCUT2D eigenvalue weighted by atomic mass is 10.0. The van der Waals surface area contributed by atoms with Gasteiger partial charge in [-0.2, -0.15) is 0 Å². The van der Waals surface area contributed by atoms with Gasteiger partial charge in [0.1, 0.15) is 0 Å². The van der Waals surface area contributed by atoms with Crippen LogP contribution in [0.1, 0.15) is 5.56 Å². The first kappa shape index (κ1) is 12.2. The Hall–Kier alpha value is -1.31. The first-order valence-corrected chi connectivity index (χ1v) is 6.15. The average Bonchev–Trinajstić information content (AvgIpc) is 2.37. The van der Waals surface area contributed by atoms with E-state index in [9.17, 15) is 0 Å². The lowest BCUT2D eigenvalue weighted by Crippen LogP contribution is -2.17. The molecular weight excluding hydrogens is 230 g/mol. The molecule has 1 nitrogen and oxygen atoms in total. The number of halogens is 1. The first-order chi connectivity index (χ1) is 8.31. The highest BCUT2D eigenvalue weighted by Crippen LogP contribution is 2.19. The minimum absolute atomic E-state index is 0.868. The lowest BCUT2D eigenvalue weighted by Gasteiger charge is -2.15. The minimum atomic E-state index is 0.868. The highest BCUT2D eigenvalue weighted by atomic mass is 35.5. The van der Waals surface area contributed by atoms with Crippen LogP contribution in [-0.4, -0.2) is 18.5 Å². The summed E-state index contributed by atoms with van der Waals surface area (Å²) in [5.41, 5.74) is 2.92. The molecule has 0 N–H and O–H groups in total. The van der Waals surface area contributed by atoms with Crippen LogP contribution >= 0.6 is 11.6 Å². The van der Waals surface area contributed by atoms with Crippen molar-refractivity contribution in [3.05, 3.63) is 59.6 Å². The van der Waals surface area contributed by atoms with E-state index in [2.05, 4.69) is 54.4 Å². The Bertz CT molecular complexity index is 514. The minimum Gasteiger partial charge on any atom is -0.298 e. The molecule has 0 heterocycles. The topological polar surface area (TPSA) is 3.24 Å². The Morgan fingerprint density at radius 2 is 1.88 bits per heavy atom. The van der Waals surface area contributed by atoms with E-state index in [0.29, 0.717) is 0 Å². The average molecular weight is 246 g/mol. The van der Waals surface area contributed by atoms with E-state index in [4.69, 9.17) is 11.6 Å². The summed E-state index contributed by atoms with van der Waals surface area (Å²) >= 11 is 5.54. The van der Waals surface area contributed by atoms with Gasteiger partial charge >= 0.3 is 0 Å². The zero-order valence-corrected chi connectivity index (χ0v) is 10.7. The summed E-state index contributed by atoms with van der Waals surface area (Å²) < 4.78 is 0. The van der Waals surface area contributed by atoms with Crippen LogP contribution in [0.2, 0.25) is 0 Å². The van der Waals surface area contributed by atoms with Crippen molar-refractivity contribution in [2.24, 2.45) is 0 Å². The largest absolute Gasteiger partial charge is 0.298 e. The third-order valence-electron chi connectivity index (χ3n) is 2.83. The predicted molar refractivity (Wildman–Crippen MR) is 75.3 cm³/mol. The van der Waals surface area contributed by atoms with Gasteiger partial charge in [-0.05, 0) is 23.4 Å². The maximum absolute atomic E-state index is 5.54. The Balaban J connectivity index is 2.23. The molecule has 0 spiro atoms. The van der Waals surface area contributed by atoms with Gasteiger partial charge in [0, 0.05) is 18.6 Å². The molecular formula is C15H16ClN. The summed E-state index contributed by atoms with van der Waals surface area (Å²) in [4.78, 5) is 2.24. The van der Waals surface area contributed by atoms with E-state index in [1.165, 1.54) is 16.3 Å². The molecule has 2 aromatic rings. The second-order valence-corrected chi connectivity index (χ2v) is 4.45. The van der Waals surface area contributed by atoms with E-state index in [0.717, 1.165) is 13.1 Å². The van der Waals surface area contributed by atoms with Crippen molar-refractivity contribution in [3.63, 3.8) is 0 Å². The summed E-state index contributed by atoms with van der Waals surface area (Å²) in [5.74, 6) is 0. The summed E-state index contributed by atoms with van der Waals surface area (Å²) in [6.07, 6.45) is 1.95. The summed E-state index contributed by atoms with van der Waals surface area (Å²) in [7, 11) is 2.10. The molecule has 0 amide bonds. The number of fused-ring (bicyclic) bond motifs is 1. The van der Waals surface area contributed by atoms with Gasteiger partial charge in [0.2, 0.25) is 0 Å². The maximum Gasteiger partial charge on any atom is 0.0240 e. The molecule has 88 valence electrons. The van der Waals surface area contributed by atoms with Crippen LogP contribution < -0.4 is 0 Å². The molecule has 2 heteroatoms. The smallest absolute Gasteiger partial charge is 0.0240 e. The molecule has 2 rings (SSSR count). The molecule has 0 fully saturated rings. The van der Waals surface area contributed by atoms with Crippen molar-refractivity contribution in [1.82, 2.24) is 4.90 Å². The molecule has 0 unspecified atom stereocenters. The van der Waals surface area contributed by atoms with E-state index >= 15 is 0 Å². The molecule has 2 aromatic carbocycles. The monoisotopic (exact) mass is 245 g/mol. The van der Waals surface area contributed by atoms with Gasteiger partial charge in [-0.1, -0.05) is 60.1 Å². The molecule has 17 heavy (non-hydrogen) atoms. The number of hydrogen-bond donors (Lipinski definition) is 0. The summed E-state index contributed by atoms with van der Waals surface area (Å²) in [6, 6.07) is 14.9. The standard InChI is InChI=1S/C15H16ClN/c1-17(11-5-10-16)12-14-8-4-7-13-6-2-3-9-15(13)14/h2-10H,11-12H2,1H3/b10-5-. The van der Waals surface area contributed by atoms with Crippen LogP contribution in [0.3, 0.4) is 0 Å². The summed E-state index contributed by atoms with van der Waals surface area (Å²) in [6.45, 7) is 1.80. The third kappa shape index (κ3) is 3.09. The van der Waals surface area contributed by atoms with Gasteiger partial charge in [0.25, 0.3) is 0 Å². The highest BCUT2D eigenvalue weighted by Gasteiger charge is 2.02. The second-order valence-electron chi connectivity index (χ2n) is 4.20. The molecule has 0 aliphatic rings. The Labute approximate surface area is 107 Å². The van der Waals surface area contributed by atoms with Gasteiger partial charge in [-0.25, -0.2) is 0 Å². The zero-order valence-electron chi connectivity index (χ0n) is 9.94. The van der Waals surface area contributed by atoms with Gasteiger partial charge in [0.15, 0.2) is 0 Å². The number of benzene rings is 2. The number of nitrogens with zero attached hydrogens (tertiary/aromatic N) is 1. The van der Waals surface area contributed by atoms with Gasteiger partial charge < -0.3 is 0 Å². The van der Waals surface area contributed by atoms with E-state index in [1.54, 1.807) is 5.54 Å². The Morgan fingerprint density at radius 1 is 1.12 bits per heavy atom. The van der Waals surface area contributed by atoms with E-state index < -0.39 is 0 Å². The van der Waals surface area contributed by atoms with Crippen molar-refractivity contribution in [2.45, 2.75) is 6.54 Å². The third-order valence-corrected chi connectivity index (χ3v) is 3.00. The van der Waals surface area contributed by atoms with Crippen LogP contribution in [0.15, 0.2) is 54.1 Å². The Kier molecular flexibility index (Phi) is 4.18. The van der Waals surface area contributed by atoms with Gasteiger partial charge in [-0.3, -0.25) is 4.90 Å². The van der Waals surface area contributed by atoms with Gasteiger partial charge in [0.05, 0.1) is 0 Å². The highest BCUT2D eigenvalue weighted by molar-refractivity contribution is 6.25. The van der Waals surface area contributed by atoms with Crippen molar-refractivity contribution in [2.75, 3.05) is 13.6 Å². The van der Waals surface area contributed by atoms with Crippen molar-refractivity contribution in [1.29, 1.82) is 0 Å². The van der Waals surface area contributed by atoms with Crippen molar-refractivity contribution in [3.8, 4) is 0 Å². The molecule has 0 atom stereocenters. The fraction of sp³-hybridized carbons (Fsp3) is 0.200. The predicted octanol–water partition coefficient (Wildman–Crippen LogP) is 4.02. The fourth-order valence-corrected chi connectivity index (χ4v) is 2.09. The Morgan fingerprint density at radius 3 is 2.71 bits per heavy atom. The number of rotatable bonds is 4. The second kappa shape index (κ2) is 5.85. The fourth-order valence-electron chi connectivity index (χ4n) is 2.01. The zero-order chi connectivity index (χ0) is 12.1. The van der Waals surface area contributed by atoms with E-state index in [1.807, 2.05) is 6.08 Å². The SMILES string of the molecule is CN(C/C=C\Cl)Cc1cccc2ccccc12. The molecule has 0 aliphatic heterocycles. The summed E-state index contributed by atoms with van der Waals surface area (Å²) in [5, 5.41) is 2.63. The van der Waals surface area contributed by atoms with Crippen molar-refractivity contribution >= 4 is 22.4 Å². The lowest BCUT2D eigenvalue weighted by molar-refractivity contribution is 0.365. The molecule has 0 radical (unpaired) electrons. The first-order valence-electron chi connectivity index (χ1n) is 5.71. The molecule has 0 aliphatic carbocycles. The molecule has 0 saturated heterocycles. The van der Waals surface area contributed by atoms with Crippen LogP contribution in [-0.2, 0) is 6.54 Å². The number of hydrogen-bond acceptors (Lipinski definition) is 1. The maximum atomic E-state index is 5.54. The van der Waals surface area contributed by atoms with Crippen LogP contribution in [0.25, 0.3) is 10.8 Å². The molecule has 0 aromatic heterocycles.